The Kier molecular flexibility index (Phi) is 5.61. The molecule has 1 amide bonds. The Labute approximate surface area is 160 Å². The van der Waals surface area contributed by atoms with E-state index in [1.807, 2.05) is 6.07 Å². The summed E-state index contributed by atoms with van der Waals surface area (Å²) in [5, 5.41) is 4.74. The van der Waals surface area contributed by atoms with Crippen LogP contribution in [0.15, 0.2) is 64.1 Å². The van der Waals surface area contributed by atoms with Crippen molar-refractivity contribution in [3.63, 3.8) is 0 Å². The first kappa shape index (κ1) is 18.0. The zero-order valence-corrected chi connectivity index (χ0v) is 15.2. The van der Waals surface area contributed by atoms with Crippen molar-refractivity contribution in [1.82, 2.24) is 5.43 Å². The molecule has 5 nitrogen and oxygen atoms in total. The third kappa shape index (κ3) is 4.07. The summed E-state index contributed by atoms with van der Waals surface area (Å²) in [6, 6.07) is 15.6. The molecule has 1 aromatic heterocycles. The van der Waals surface area contributed by atoms with Gasteiger partial charge in [-0.25, -0.2) is 5.43 Å². The number of carbonyl (C=O) groups excluding carboxylic acids is 1. The zero-order chi connectivity index (χ0) is 18.5. The number of benzene rings is 2. The molecule has 0 aliphatic rings. The van der Waals surface area contributed by atoms with E-state index in [0.717, 1.165) is 5.56 Å². The van der Waals surface area contributed by atoms with Gasteiger partial charge in [0, 0.05) is 5.56 Å². The lowest BCUT2D eigenvalue weighted by molar-refractivity contribution is 0.0955. The third-order valence-electron chi connectivity index (χ3n) is 3.54. The lowest BCUT2D eigenvalue weighted by atomic mass is 10.2. The monoisotopic (exact) mass is 388 g/mol. The molecular weight excluding hydrogens is 375 g/mol. The molecule has 0 saturated carbocycles. The highest BCUT2D eigenvalue weighted by Crippen LogP contribution is 2.30. The number of rotatable bonds is 5. The molecule has 0 aliphatic heterocycles. The van der Waals surface area contributed by atoms with Crippen molar-refractivity contribution in [3.8, 4) is 17.1 Å². The summed E-state index contributed by atoms with van der Waals surface area (Å²) in [5.74, 6) is 1.28. The van der Waals surface area contributed by atoms with Crippen LogP contribution in [-0.2, 0) is 0 Å². The molecule has 0 radical (unpaired) electrons. The minimum absolute atomic E-state index is 0.347. The van der Waals surface area contributed by atoms with Crippen LogP contribution in [0.4, 0.5) is 0 Å². The van der Waals surface area contributed by atoms with Crippen molar-refractivity contribution in [2.45, 2.75) is 0 Å². The molecular formula is C19H14Cl2N2O3. The quantitative estimate of drug-likeness (QED) is 0.492. The van der Waals surface area contributed by atoms with Crippen LogP contribution >= 0.6 is 23.2 Å². The van der Waals surface area contributed by atoms with E-state index in [1.54, 1.807) is 55.6 Å². The molecule has 1 N–H and O–H groups in total. The molecule has 3 rings (SSSR count). The molecule has 0 unspecified atom stereocenters. The number of nitrogens with one attached hydrogen (secondary N) is 1. The van der Waals surface area contributed by atoms with Crippen LogP contribution in [-0.4, -0.2) is 19.2 Å². The summed E-state index contributed by atoms with van der Waals surface area (Å²) >= 11 is 12.1. The topological polar surface area (TPSA) is 63.8 Å². The minimum atomic E-state index is -0.402. The van der Waals surface area contributed by atoms with E-state index in [0.29, 0.717) is 32.9 Å². The van der Waals surface area contributed by atoms with Crippen molar-refractivity contribution >= 4 is 35.3 Å². The van der Waals surface area contributed by atoms with E-state index in [-0.39, 0.29) is 0 Å². The summed E-state index contributed by atoms with van der Waals surface area (Å²) in [5.41, 5.74) is 3.56. The average molecular weight is 389 g/mol. The fourth-order valence-corrected chi connectivity index (χ4v) is 2.74. The first-order valence-corrected chi connectivity index (χ1v) is 8.36. The highest BCUT2D eigenvalue weighted by molar-refractivity contribution is 6.33. The molecule has 0 atom stereocenters. The molecule has 2 aromatic carbocycles. The van der Waals surface area contributed by atoms with Gasteiger partial charge in [-0.15, -0.1) is 0 Å². The second-order valence-corrected chi connectivity index (χ2v) is 6.04. The minimum Gasteiger partial charge on any atom is -0.495 e. The average Bonchev–Trinajstić information content (AvgIpc) is 3.11. The van der Waals surface area contributed by atoms with Gasteiger partial charge in [0.1, 0.15) is 17.3 Å². The predicted molar refractivity (Wildman–Crippen MR) is 102 cm³/mol. The highest BCUT2D eigenvalue weighted by atomic mass is 35.5. The van der Waals surface area contributed by atoms with E-state index in [9.17, 15) is 4.79 Å². The Morgan fingerprint density at radius 1 is 1.12 bits per heavy atom. The molecule has 26 heavy (non-hydrogen) atoms. The maximum Gasteiger partial charge on any atom is 0.272 e. The number of hydrazone groups is 1. The van der Waals surface area contributed by atoms with Crippen LogP contribution in [0.1, 0.15) is 16.1 Å². The second kappa shape index (κ2) is 8.08. The van der Waals surface area contributed by atoms with Crippen LogP contribution < -0.4 is 10.2 Å². The van der Waals surface area contributed by atoms with Gasteiger partial charge < -0.3 is 9.15 Å². The summed E-state index contributed by atoms with van der Waals surface area (Å²) in [4.78, 5) is 12.0. The predicted octanol–water partition coefficient (Wildman–Crippen LogP) is 5.03. The zero-order valence-electron chi connectivity index (χ0n) is 13.7. The maximum atomic E-state index is 12.0. The summed E-state index contributed by atoms with van der Waals surface area (Å²) in [6.45, 7) is 0. The molecule has 132 valence electrons. The molecule has 0 bridgehead atoms. The van der Waals surface area contributed by atoms with Gasteiger partial charge in [0.2, 0.25) is 0 Å². The Hall–Kier alpha value is -2.76. The van der Waals surface area contributed by atoms with E-state index >= 15 is 0 Å². The molecule has 0 spiro atoms. The smallest absolute Gasteiger partial charge is 0.272 e. The number of amides is 1. The number of halogens is 2. The largest absolute Gasteiger partial charge is 0.495 e. The van der Waals surface area contributed by atoms with Crippen molar-refractivity contribution in [2.75, 3.05) is 7.11 Å². The number of hydrogen-bond acceptors (Lipinski definition) is 4. The number of furan rings is 1. The second-order valence-electron chi connectivity index (χ2n) is 5.23. The Balaban J connectivity index is 1.68. The van der Waals surface area contributed by atoms with Crippen molar-refractivity contribution < 1.29 is 13.9 Å². The summed E-state index contributed by atoms with van der Waals surface area (Å²) in [6.07, 6.45) is 1.41. The Bertz CT molecular complexity index is 967. The van der Waals surface area contributed by atoms with Gasteiger partial charge >= 0.3 is 0 Å². The summed E-state index contributed by atoms with van der Waals surface area (Å²) in [7, 11) is 1.55. The van der Waals surface area contributed by atoms with Crippen molar-refractivity contribution in [3.05, 3.63) is 76.0 Å². The van der Waals surface area contributed by atoms with Crippen molar-refractivity contribution in [2.24, 2.45) is 5.10 Å². The first-order chi connectivity index (χ1) is 12.6. The van der Waals surface area contributed by atoms with Gasteiger partial charge in [-0.2, -0.15) is 5.10 Å². The van der Waals surface area contributed by atoms with Crippen LogP contribution in [0.5, 0.6) is 5.75 Å². The number of carbonyl (C=O) groups is 1. The number of hydrogen-bond donors (Lipinski definition) is 1. The number of methoxy groups -OCH3 is 1. The van der Waals surface area contributed by atoms with Crippen LogP contribution in [0.25, 0.3) is 11.3 Å². The van der Waals surface area contributed by atoms with Crippen LogP contribution in [0.2, 0.25) is 10.0 Å². The SMILES string of the molecule is COc1ccc(-c2ccc(/C=N/NC(=O)c3ccccc3Cl)o2)cc1Cl. The van der Waals surface area contributed by atoms with E-state index in [2.05, 4.69) is 10.5 Å². The molecule has 3 aromatic rings. The fourth-order valence-electron chi connectivity index (χ4n) is 2.26. The number of nitrogens with zero attached hydrogens (tertiary/aromatic N) is 1. The van der Waals surface area contributed by atoms with E-state index in [1.165, 1.54) is 6.21 Å². The Morgan fingerprint density at radius 2 is 1.92 bits per heavy atom. The van der Waals surface area contributed by atoms with Gasteiger partial charge in [0.25, 0.3) is 5.91 Å². The lowest BCUT2D eigenvalue weighted by Crippen LogP contribution is -2.17. The van der Waals surface area contributed by atoms with Crippen LogP contribution in [0.3, 0.4) is 0 Å². The third-order valence-corrected chi connectivity index (χ3v) is 4.16. The number of ether oxygens (including phenoxy) is 1. The normalized spacial score (nSPS) is 10.9. The van der Waals surface area contributed by atoms with Gasteiger partial charge in [-0.1, -0.05) is 35.3 Å². The Morgan fingerprint density at radius 3 is 2.65 bits per heavy atom. The maximum absolute atomic E-state index is 12.0. The van der Waals surface area contributed by atoms with Gasteiger partial charge in [0.15, 0.2) is 0 Å². The van der Waals surface area contributed by atoms with Crippen molar-refractivity contribution in [1.29, 1.82) is 0 Å². The van der Waals surface area contributed by atoms with Gasteiger partial charge in [-0.3, -0.25) is 4.79 Å². The fraction of sp³-hybridized carbons (Fsp3) is 0.0526. The van der Waals surface area contributed by atoms with Crippen LogP contribution in [0, 0.1) is 0 Å². The summed E-state index contributed by atoms with van der Waals surface area (Å²) < 4.78 is 10.8. The highest BCUT2D eigenvalue weighted by Gasteiger charge is 2.09. The van der Waals surface area contributed by atoms with Gasteiger partial charge in [0.05, 0.1) is 28.9 Å². The molecule has 0 fully saturated rings. The van der Waals surface area contributed by atoms with E-state index < -0.39 is 5.91 Å². The standard InChI is InChI=1S/C19H14Cl2N2O3/c1-25-18-8-6-12(10-16(18)21)17-9-7-13(26-17)11-22-23-19(24)14-4-2-3-5-15(14)20/h2-11H,1H3,(H,23,24)/b22-11+. The lowest BCUT2D eigenvalue weighted by Gasteiger charge is -2.04. The van der Waals surface area contributed by atoms with E-state index in [4.69, 9.17) is 32.4 Å². The molecule has 7 heteroatoms. The first-order valence-electron chi connectivity index (χ1n) is 7.60. The van der Waals surface area contributed by atoms with Gasteiger partial charge in [-0.05, 0) is 42.5 Å². The molecule has 0 aliphatic carbocycles. The molecule has 1 heterocycles. The molecule has 0 saturated heterocycles.